The number of hydrogen-bond donors (Lipinski definition) is 0. The van der Waals surface area contributed by atoms with E-state index in [9.17, 15) is 9.59 Å². The van der Waals surface area contributed by atoms with Gasteiger partial charge in [0.25, 0.3) is 0 Å². The molecule has 0 saturated carbocycles. The molecule has 0 N–H and O–H groups in total. The molecule has 0 saturated heterocycles. The maximum Gasteiger partial charge on any atom is 0.342 e. The molecule has 0 fully saturated rings. The topological polar surface area (TPSA) is 89.5 Å². The van der Waals surface area contributed by atoms with Crippen LogP contribution in [-0.2, 0) is 4.74 Å². The summed E-state index contributed by atoms with van der Waals surface area (Å²) < 4.78 is 31.2. The van der Waals surface area contributed by atoms with Gasteiger partial charge in [0.2, 0.25) is 12.5 Å². The van der Waals surface area contributed by atoms with Crippen LogP contribution in [0.1, 0.15) is 20.7 Å². The molecular formula is C19H18O8. The Bertz CT molecular complexity index is 874. The van der Waals surface area contributed by atoms with E-state index in [0.29, 0.717) is 22.8 Å². The third kappa shape index (κ3) is 3.59. The number of fused-ring (bicyclic) bond motifs is 1. The molecule has 8 heteroatoms. The second kappa shape index (κ2) is 7.86. The maximum absolute atomic E-state index is 12.4. The third-order valence-electron chi connectivity index (χ3n) is 3.95. The molecule has 0 spiro atoms. The summed E-state index contributed by atoms with van der Waals surface area (Å²) in [5.74, 6) is 0.784. The van der Waals surface area contributed by atoms with Gasteiger partial charge in [-0.2, -0.15) is 0 Å². The van der Waals surface area contributed by atoms with E-state index >= 15 is 0 Å². The molecule has 1 aliphatic rings. The maximum atomic E-state index is 12.4. The number of rotatable bonds is 7. The molecule has 0 aromatic heterocycles. The number of esters is 1. The van der Waals surface area contributed by atoms with Gasteiger partial charge in [0.05, 0.1) is 21.3 Å². The van der Waals surface area contributed by atoms with Gasteiger partial charge in [-0.05, 0) is 30.3 Å². The molecule has 0 bridgehead atoms. The highest BCUT2D eigenvalue weighted by atomic mass is 16.7. The molecule has 0 amide bonds. The van der Waals surface area contributed by atoms with Crippen LogP contribution in [0.3, 0.4) is 0 Å². The SMILES string of the molecule is COc1ccc(C(=O)OCC(=O)c2ccc3c(c2)OCO3)c(OC)c1OC. The fourth-order valence-corrected chi connectivity index (χ4v) is 2.62. The predicted molar refractivity (Wildman–Crippen MR) is 93.3 cm³/mol. The lowest BCUT2D eigenvalue weighted by Crippen LogP contribution is -2.15. The van der Waals surface area contributed by atoms with Crippen LogP contribution < -0.4 is 23.7 Å². The second-order valence-corrected chi connectivity index (χ2v) is 5.45. The Balaban J connectivity index is 1.73. The van der Waals surface area contributed by atoms with E-state index in [1.54, 1.807) is 24.3 Å². The second-order valence-electron chi connectivity index (χ2n) is 5.45. The smallest absolute Gasteiger partial charge is 0.342 e. The molecule has 2 aromatic carbocycles. The van der Waals surface area contributed by atoms with Crippen LogP contribution in [0.15, 0.2) is 30.3 Å². The van der Waals surface area contributed by atoms with Crippen LogP contribution in [-0.4, -0.2) is 46.5 Å². The summed E-state index contributed by atoms with van der Waals surface area (Å²) in [7, 11) is 4.30. The highest BCUT2D eigenvalue weighted by Crippen LogP contribution is 2.40. The summed E-state index contributed by atoms with van der Waals surface area (Å²) in [5, 5.41) is 0. The average Bonchev–Trinajstić information content (AvgIpc) is 3.18. The van der Waals surface area contributed by atoms with Crippen molar-refractivity contribution in [1.82, 2.24) is 0 Å². The van der Waals surface area contributed by atoms with Gasteiger partial charge in [-0.3, -0.25) is 4.79 Å². The van der Waals surface area contributed by atoms with Crippen LogP contribution in [0, 0.1) is 0 Å². The quantitative estimate of drug-likeness (QED) is 0.539. The normalized spacial score (nSPS) is 11.7. The minimum atomic E-state index is -0.720. The fraction of sp³-hybridized carbons (Fsp3) is 0.263. The number of ether oxygens (including phenoxy) is 6. The molecule has 0 aliphatic carbocycles. The molecule has 0 unspecified atom stereocenters. The standard InChI is InChI=1S/C19H18O8/c1-22-15-7-5-12(17(23-2)18(15)24-3)19(21)25-9-13(20)11-4-6-14-16(8-11)27-10-26-14/h4-8H,9-10H2,1-3H3. The van der Waals surface area contributed by atoms with E-state index in [1.165, 1.54) is 27.4 Å². The Morgan fingerprint density at radius 1 is 0.926 bits per heavy atom. The fourth-order valence-electron chi connectivity index (χ4n) is 2.62. The van der Waals surface area contributed by atoms with Crippen molar-refractivity contribution >= 4 is 11.8 Å². The van der Waals surface area contributed by atoms with Gasteiger partial charge in [-0.1, -0.05) is 0 Å². The monoisotopic (exact) mass is 374 g/mol. The van der Waals surface area contributed by atoms with Crippen molar-refractivity contribution in [3.05, 3.63) is 41.5 Å². The summed E-state index contributed by atoms with van der Waals surface area (Å²) in [6, 6.07) is 7.80. The highest BCUT2D eigenvalue weighted by Gasteiger charge is 2.23. The summed E-state index contributed by atoms with van der Waals surface area (Å²) in [6.07, 6.45) is 0. The molecule has 27 heavy (non-hydrogen) atoms. The average molecular weight is 374 g/mol. The Labute approximate surface area is 155 Å². The van der Waals surface area contributed by atoms with Gasteiger partial charge in [-0.25, -0.2) is 4.79 Å². The number of methoxy groups -OCH3 is 3. The molecule has 1 aliphatic heterocycles. The van der Waals surface area contributed by atoms with Crippen molar-refractivity contribution in [2.24, 2.45) is 0 Å². The van der Waals surface area contributed by atoms with Gasteiger partial charge in [0.1, 0.15) is 5.56 Å². The molecule has 0 atom stereocenters. The van der Waals surface area contributed by atoms with Crippen molar-refractivity contribution < 1.29 is 38.0 Å². The molecule has 2 aromatic rings. The van der Waals surface area contributed by atoms with E-state index in [2.05, 4.69) is 0 Å². The summed E-state index contributed by atoms with van der Waals surface area (Å²) in [4.78, 5) is 24.7. The van der Waals surface area contributed by atoms with Crippen molar-refractivity contribution in [1.29, 1.82) is 0 Å². The molecule has 142 valence electrons. The lowest BCUT2D eigenvalue weighted by atomic mass is 10.1. The minimum absolute atomic E-state index is 0.112. The van der Waals surface area contributed by atoms with Gasteiger partial charge in [0.15, 0.2) is 35.4 Å². The van der Waals surface area contributed by atoms with E-state index < -0.39 is 12.6 Å². The first-order valence-corrected chi connectivity index (χ1v) is 7.98. The van der Waals surface area contributed by atoms with Gasteiger partial charge < -0.3 is 28.4 Å². The van der Waals surface area contributed by atoms with E-state index in [0.717, 1.165) is 0 Å². The molecule has 3 rings (SSSR count). The van der Waals surface area contributed by atoms with E-state index in [1.807, 2.05) is 0 Å². The first kappa shape index (κ1) is 18.4. The molecule has 1 heterocycles. The Hall–Kier alpha value is -3.42. The van der Waals surface area contributed by atoms with Gasteiger partial charge in [0, 0.05) is 5.56 Å². The van der Waals surface area contributed by atoms with Crippen molar-refractivity contribution in [3.8, 4) is 28.7 Å². The first-order chi connectivity index (χ1) is 13.1. The van der Waals surface area contributed by atoms with Crippen LogP contribution in [0.5, 0.6) is 28.7 Å². The Morgan fingerprint density at radius 3 is 2.37 bits per heavy atom. The molecular weight excluding hydrogens is 356 g/mol. The number of Topliss-reactive ketones (excluding diaryl/α,β-unsaturated/α-hetero) is 1. The van der Waals surface area contributed by atoms with Crippen LogP contribution in [0.2, 0.25) is 0 Å². The zero-order valence-corrected chi connectivity index (χ0v) is 15.1. The zero-order chi connectivity index (χ0) is 19.4. The number of carbonyl (C=O) groups is 2. The van der Waals surface area contributed by atoms with Crippen molar-refractivity contribution in [2.45, 2.75) is 0 Å². The summed E-state index contributed by atoms with van der Waals surface area (Å²) in [5.41, 5.74) is 0.472. The van der Waals surface area contributed by atoms with Gasteiger partial charge >= 0.3 is 5.97 Å². The number of carbonyl (C=O) groups excluding carboxylic acids is 2. The lowest BCUT2D eigenvalue weighted by Gasteiger charge is -2.15. The number of ketones is 1. The largest absolute Gasteiger partial charge is 0.493 e. The lowest BCUT2D eigenvalue weighted by molar-refractivity contribution is 0.0471. The predicted octanol–water partition coefficient (Wildman–Crippen LogP) is 2.48. The molecule has 0 radical (unpaired) electrons. The van der Waals surface area contributed by atoms with Crippen molar-refractivity contribution in [2.75, 3.05) is 34.7 Å². The first-order valence-electron chi connectivity index (χ1n) is 7.98. The van der Waals surface area contributed by atoms with E-state index in [-0.39, 0.29) is 29.6 Å². The summed E-state index contributed by atoms with van der Waals surface area (Å²) >= 11 is 0. The van der Waals surface area contributed by atoms with Crippen LogP contribution in [0.4, 0.5) is 0 Å². The number of benzene rings is 2. The zero-order valence-electron chi connectivity index (χ0n) is 15.1. The number of hydrogen-bond acceptors (Lipinski definition) is 8. The van der Waals surface area contributed by atoms with Gasteiger partial charge in [-0.15, -0.1) is 0 Å². The Morgan fingerprint density at radius 2 is 1.67 bits per heavy atom. The summed E-state index contributed by atoms with van der Waals surface area (Å²) in [6.45, 7) is -0.322. The van der Waals surface area contributed by atoms with Crippen LogP contribution in [0.25, 0.3) is 0 Å². The van der Waals surface area contributed by atoms with Crippen molar-refractivity contribution in [3.63, 3.8) is 0 Å². The van der Waals surface area contributed by atoms with Crippen LogP contribution >= 0.6 is 0 Å². The minimum Gasteiger partial charge on any atom is -0.493 e. The third-order valence-corrected chi connectivity index (χ3v) is 3.95. The highest BCUT2D eigenvalue weighted by molar-refractivity contribution is 6.00. The van der Waals surface area contributed by atoms with E-state index in [4.69, 9.17) is 28.4 Å². The molecule has 8 nitrogen and oxygen atoms in total. The Kier molecular flexibility index (Phi) is 5.35.